The largest absolute Gasteiger partial charge is 0.426 e. The number of β-lactam (4-membered cyclic amide) rings is 2. The lowest BCUT2D eigenvalue weighted by Crippen LogP contribution is -2.71. The molecule has 4 saturated heterocycles. The lowest BCUT2D eigenvalue weighted by Gasteiger charge is -2.44. The fourth-order valence-corrected chi connectivity index (χ4v) is 9.59. The third kappa shape index (κ3) is 4.31. The first kappa shape index (κ1) is 29.0. The summed E-state index contributed by atoms with van der Waals surface area (Å²) in [5.41, 5.74) is 0.617. The van der Waals surface area contributed by atoms with Gasteiger partial charge < -0.3 is 24.6 Å². The van der Waals surface area contributed by atoms with Crippen molar-refractivity contribution in [3.63, 3.8) is 0 Å². The van der Waals surface area contributed by atoms with Crippen molar-refractivity contribution >= 4 is 58.0 Å². The molecule has 13 nitrogen and oxygen atoms in total. The molecule has 6 atom stereocenters. The Labute approximate surface area is 240 Å². The smallest absolute Gasteiger partial charge is 0.333 e. The first-order valence-corrected chi connectivity index (χ1v) is 15.3. The second kappa shape index (κ2) is 9.82. The number of nitrogens with zero attached hydrogens (tertiary/aromatic N) is 3. The van der Waals surface area contributed by atoms with Crippen LogP contribution >= 0.6 is 11.8 Å². The Morgan fingerprint density at radius 2 is 1.68 bits per heavy atom. The van der Waals surface area contributed by atoms with Gasteiger partial charge in [-0.2, -0.15) is 0 Å². The molecule has 15 heteroatoms. The van der Waals surface area contributed by atoms with E-state index in [2.05, 4.69) is 17.0 Å². The molecule has 41 heavy (non-hydrogen) atoms. The molecule has 0 radical (unpaired) electrons. The highest BCUT2D eigenvalue weighted by Gasteiger charge is 2.68. The summed E-state index contributed by atoms with van der Waals surface area (Å²) in [5, 5.41) is 1.10. The van der Waals surface area contributed by atoms with Gasteiger partial charge in [-0.3, -0.25) is 19.4 Å². The van der Waals surface area contributed by atoms with Crippen LogP contribution in [0.15, 0.2) is 35.3 Å². The summed E-state index contributed by atoms with van der Waals surface area (Å²) in [6.07, 6.45) is -0.192. The summed E-state index contributed by atoms with van der Waals surface area (Å²) in [5.74, 6) is -3.29. The van der Waals surface area contributed by atoms with Crippen LogP contribution in [0.5, 0.6) is 0 Å². The van der Waals surface area contributed by atoms with E-state index in [0.717, 1.165) is 4.90 Å². The van der Waals surface area contributed by atoms with Crippen LogP contribution in [-0.2, 0) is 43.3 Å². The Morgan fingerprint density at radius 1 is 1.07 bits per heavy atom. The second-order valence-electron chi connectivity index (χ2n) is 11.3. The van der Waals surface area contributed by atoms with Crippen LogP contribution in [0.1, 0.15) is 45.7 Å². The Kier molecular flexibility index (Phi) is 6.96. The van der Waals surface area contributed by atoms with Gasteiger partial charge in [0, 0.05) is 4.75 Å². The van der Waals surface area contributed by atoms with Gasteiger partial charge in [0.15, 0.2) is 15.9 Å². The maximum absolute atomic E-state index is 13.1. The van der Waals surface area contributed by atoms with Crippen LogP contribution in [0.25, 0.3) is 0 Å². The van der Waals surface area contributed by atoms with Crippen LogP contribution in [0.3, 0.4) is 0 Å². The number of aliphatic imine (C=N–C) groups is 1. The predicted molar refractivity (Wildman–Crippen MR) is 146 cm³/mol. The standard InChI is InChI=1S/C26H30N4O9S2/c1-25(2)18(23(34)38-12-39-24(35)19-26(3,4)41(36,37)15-11-14(31)29(15)19)30-21(33)17(22(30)40-25)28-20(32)16(27-5)13-9-7-6-8-10-13/h6-10,15-19,22H,5,11-12H2,1-4H3,(H,28,32)/t15-,16?,17-,18+,19+,22-/m1/s1. The number of carbonyl (C=O) groups excluding carboxylic acids is 5. The highest BCUT2D eigenvalue weighted by atomic mass is 32.2. The summed E-state index contributed by atoms with van der Waals surface area (Å²) in [7, 11) is -3.80. The lowest BCUT2D eigenvalue weighted by molar-refractivity contribution is -0.181. The number of carbonyl (C=O) groups is 5. The zero-order chi connectivity index (χ0) is 30.1. The van der Waals surface area contributed by atoms with E-state index in [1.54, 1.807) is 44.2 Å². The van der Waals surface area contributed by atoms with E-state index >= 15 is 0 Å². The van der Waals surface area contributed by atoms with Crippen molar-refractivity contribution in [3.8, 4) is 0 Å². The number of nitrogens with one attached hydrogen (secondary N) is 1. The van der Waals surface area contributed by atoms with Crippen molar-refractivity contribution < 1.29 is 41.9 Å². The van der Waals surface area contributed by atoms with Crippen LogP contribution in [0.2, 0.25) is 0 Å². The molecule has 0 bridgehead atoms. The number of hydrogen-bond acceptors (Lipinski definition) is 11. The molecule has 1 aromatic carbocycles. The van der Waals surface area contributed by atoms with Crippen molar-refractivity contribution in [2.75, 3.05) is 6.79 Å². The minimum atomic E-state index is -3.80. The number of sulfone groups is 1. The molecule has 4 aliphatic rings. The van der Waals surface area contributed by atoms with Gasteiger partial charge in [0.1, 0.15) is 28.9 Å². The number of hydrogen-bond donors (Lipinski definition) is 1. The van der Waals surface area contributed by atoms with Gasteiger partial charge >= 0.3 is 11.9 Å². The average Bonchev–Trinajstić information content (AvgIpc) is 3.23. The predicted octanol–water partition coefficient (Wildman–Crippen LogP) is 0.153. The molecule has 220 valence electrons. The first-order valence-electron chi connectivity index (χ1n) is 12.8. The quantitative estimate of drug-likeness (QED) is 0.186. The number of rotatable bonds is 8. The molecule has 5 rings (SSSR count). The Hall–Kier alpha value is -3.46. The maximum atomic E-state index is 13.1. The van der Waals surface area contributed by atoms with Crippen molar-refractivity contribution in [1.82, 2.24) is 15.1 Å². The van der Waals surface area contributed by atoms with Gasteiger partial charge in [-0.25, -0.2) is 18.0 Å². The summed E-state index contributed by atoms with van der Waals surface area (Å²) in [6.45, 7) is 8.86. The number of esters is 2. The van der Waals surface area contributed by atoms with Gasteiger partial charge in [0.25, 0.3) is 0 Å². The zero-order valence-electron chi connectivity index (χ0n) is 22.8. The number of ether oxygens (including phenoxy) is 2. The van der Waals surface area contributed by atoms with Crippen molar-refractivity contribution in [3.05, 3.63) is 35.9 Å². The Morgan fingerprint density at radius 3 is 2.27 bits per heavy atom. The maximum Gasteiger partial charge on any atom is 0.333 e. The Balaban J connectivity index is 1.20. The summed E-state index contributed by atoms with van der Waals surface area (Å²) < 4.78 is 33.4. The van der Waals surface area contributed by atoms with E-state index in [0.29, 0.717) is 5.56 Å². The summed E-state index contributed by atoms with van der Waals surface area (Å²) in [4.78, 5) is 70.2. The van der Waals surface area contributed by atoms with E-state index in [-0.39, 0.29) is 6.42 Å². The molecule has 1 N–H and O–H groups in total. The fraction of sp³-hybridized carbons (Fsp3) is 0.538. The van der Waals surface area contributed by atoms with E-state index < -0.39 is 90.7 Å². The fourth-order valence-electron chi connectivity index (χ4n) is 5.85. The molecule has 3 amide bonds. The molecule has 4 heterocycles. The number of fused-ring (bicyclic) bond motifs is 2. The van der Waals surface area contributed by atoms with Crippen molar-refractivity contribution in [2.45, 2.75) is 78.5 Å². The van der Waals surface area contributed by atoms with E-state index in [4.69, 9.17) is 9.47 Å². The van der Waals surface area contributed by atoms with Gasteiger partial charge in [-0.05, 0) is 40.0 Å². The molecule has 1 unspecified atom stereocenters. The average molecular weight is 607 g/mol. The molecule has 0 aromatic heterocycles. The highest BCUT2D eigenvalue weighted by Crippen LogP contribution is 2.51. The number of amides is 3. The normalized spacial score (nSPS) is 30.7. The Bertz CT molecular complexity index is 1450. The van der Waals surface area contributed by atoms with Crippen LogP contribution in [0, 0.1) is 0 Å². The third-order valence-electron chi connectivity index (χ3n) is 8.11. The van der Waals surface area contributed by atoms with Gasteiger partial charge in [-0.15, -0.1) is 11.8 Å². The molecule has 0 spiro atoms. The van der Waals surface area contributed by atoms with E-state index in [1.165, 1.54) is 30.5 Å². The molecule has 4 aliphatic heterocycles. The second-order valence-corrected chi connectivity index (χ2v) is 15.8. The third-order valence-corrected chi connectivity index (χ3v) is 12.5. The number of thioether (sulfide) groups is 1. The molecule has 4 fully saturated rings. The van der Waals surface area contributed by atoms with E-state index in [9.17, 15) is 32.4 Å². The van der Waals surface area contributed by atoms with Crippen molar-refractivity contribution in [1.29, 1.82) is 0 Å². The van der Waals surface area contributed by atoms with Gasteiger partial charge in [-0.1, -0.05) is 30.3 Å². The number of benzene rings is 1. The molecular weight excluding hydrogens is 576 g/mol. The first-order chi connectivity index (χ1) is 19.1. The zero-order valence-corrected chi connectivity index (χ0v) is 24.4. The highest BCUT2D eigenvalue weighted by molar-refractivity contribution is 8.01. The van der Waals surface area contributed by atoms with Crippen LogP contribution in [-0.4, -0.2) is 99.8 Å². The molecule has 1 aromatic rings. The van der Waals surface area contributed by atoms with E-state index in [1.807, 2.05) is 0 Å². The molecular formula is C26H30N4O9S2. The summed E-state index contributed by atoms with van der Waals surface area (Å²) >= 11 is 1.32. The van der Waals surface area contributed by atoms with Crippen LogP contribution < -0.4 is 5.32 Å². The summed E-state index contributed by atoms with van der Waals surface area (Å²) in [6, 6.07) is 4.58. The topological polar surface area (TPSA) is 169 Å². The molecule has 0 aliphatic carbocycles. The van der Waals surface area contributed by atoms with Gasteiger partial charge in [0.2, 0.25) is 24.5 Å². The lowest BCUT2D eigenvalue weighted by atomic mass is 9.95. The van der Waals surface area contributed by atoms with Crippen molar-refractivity contribution in [2.24, 2.45) is 4.99 Å². The monoisotopic (exact) mass is 606 g/mol. The SMILES string of the molecule is C=NC(C(=O)N[C@@H]1C(=O)N2[C@@H]1SC(C)(C)[C@@H]2C(=O)OCOC(=O)[C@@H]1N2C(=O)C[C@H]2S(=O)(=O)C1(C)C)c1ccccc1. The minimum absolute atomic E-state index is 0.192. The molecule has 0 saturated carbocycles. The minimum Gasteiger partial charge on any atom is -0.426 e. The van der Waals surface area contributed by atoms with Crippen LogP contribution in [0.4, 0.5) is 0 Å². The van der Waals surface area contributed by atoms with Gasteiger partial charge in [0.05, 0.1) is 11.2 Å².